The summed E-state index contributed by atoms with van der Waals surface area (Å²) in [6.07, 6.45) is 3.21. The van der Waals surface area contributed by atoms with Crippen LogP contribution in [0.2, 0.25) is 0 Å². The second kappa shape index (κ2) is 5.53. The number of nitrogen functional groups attached to an aromatic ring is 1. The van der Waals surface area contributed by atoms with E-state index >= 15 is 0 Å². The first-order valence-corrected chi connectivity index (χ1v) is 6.25. The molecule has 6 heteroatoms. The van der Waals surface area contributed by atoms with Crippen LogP contribution in [0.5, 0.6) is 0 Å². The summed E-state index contributed by atoms with van der Waals surface area (Å²) in [5, 5.41) is 13.5. The number of aliphatic imine (C=N–C) groups is 1. The summed E-state index contributed by atoms with van der Waals surface area (Å²) >= 11 is 0. The number of pyridine rings is 1. The van der Waals surface area contributed by atoms with Crippen LogP contribution in [0.4, 0.5) is 5.82 Å². The first-order valence-electron chi connectivity index (χ1n) is 6.25. The van der Waals surface area contributed by atoms with Gasteiger partial charge in [-0.2, -0.15) is 10.4 Å². The van der Waals surface area contributed by atoms with Gasteiger partial charge >= 0.3 is 0 Å². The van der Waals surface area contributed by atoms with Gasteiger partial charge in [0.05, 0.1) is 17.5 Å². The van der Waals surface area contributed by atoms with Crippen molar-refractivity contribution in [2.75, 3.05) is 12.8 Å². The second-order valence-corrected chi connectivity index (χ2v) is 4.60. The summed E-state index contributed by atoms with van der Waals surface area (Å²) < 4.78 is 1.79. The topological polar surface area (TPSA) is 92.9 Å². The molecule has 2 rings (SSSR count). The summed E-state index contributed by atoms with van der Waals surface area (Å²) in [5.41, 5.74) is 8.29. The van der Waals surface area contributed by atoms with E-state index < -0.39 is 0 Å². The predicted octanol–water partition coefficient (Wildman–Crippen LogP) is 1.78. The van der Waals surface area contributed by atoms with Crippen molar-refractivity contribution in [1.82, 2.24) is 14.8 Å². The first kappa shape index (κ1) is 13.7. The van der Waals surface area contributed by atoms with E-state index in [1.807, 2.05) is 19.9 Å². The smallest absolute Gasteiger partial charge is 0.123 e. The van der Waals surface area contributed by atoms with Gasteiger partial charge in [-0.3, -0.25) is 9.67 Å². The quantitative estimate of drug-likeness (QED) is 0.859. The standard InChI is InChI=1S/C14H16N6/c1-9(2)20-14(11(6-15)8-19-20)13(17-3)10-4-5-12(16)18-7-10/h4-5,7-9H,1-3H3,(H2,16,18). The molecule has 0 aliphatic carbocycles. The molecule has 102 valence electrons. The Morgan fingerprint density at radius 1 is 1.40 bits per heavy atom. The van der Waals surface area contributed by atoms with Gasteiger partial charge in [0, 0.05) is 24.8 Å². The van der Waals surface area contributed by atoms with Gasteiger partial charge in [-0.15, -0.1) is 0 Å². The van der Waals surface area contributed by atoms with Crippen LogP contribution in [0.3, 0.4) is 0 Å². The molecule has 2 aromatic heterocycles. The van der Waals surface area contributed by atoms with E-state index in [1.165, 1.54) is 0 Å². The molecule has 6 nitrogen and oxygen atoms in total. The molecule has 2 aromatic rings. The maximum Gasteiger partial charge on any atom is 0.123 e. The van der Waals surface area contributed by atoms with Gasteiger partial charge in [0.1, 0.15) is 17.6 Å². The summed E-state index contributed by atoms with van der Waals surface area (Å²) in [6.45, 7) is 4.01. The summed E-state index contributed by atoms with van der Waals surface area (Å²) in [5.74, 6) is 0.446. The van der Waals surface area contributed by atoms with E-state index in [0.29, 0.717) is 22.8 Å². The van der Waals surface area contributed by atoms with E-state index in [-0.39, 0.29) is 6.04 Å². The summed E-state index contributed by atoms with van der Waals surface area (Å²) in [6, 6.07) is 5.84. The van der Waals surface area contributed by atoms with Crippen LogP contribution in [0.25, 0.3) is 0 Å². The second-order valence-electron chi connectivity index (χ2n) is 4.60. The first-order chi connectivity index (χ1) is 9.58. The Morgan fingerprint density at radius 2 is 2.15 bits per heavy atom. The van der Waals surface area contributed by atoms with Gasteiger partial charge in [-0.05, 0) is 26.0 Å². The number of hydrogen-bond acceptors (Lipinski definition) is 5. The average Bonchev–Trinajstić information content (AvgIpc) is 2.86. The molecule has 0 aliphatic rings. The molecule has 0 atom stereocenters. The lowest BCUT2D eigenvalue weighted by Crippen LogP contribution is -2.16. The number of aromatic nitrogens is 3. The van der Waals surface area contributed by atoms with Crippen molar-refractivity contribution in [2.24, 2.45) is 4.99 Å². The van der Waals surface area contributed by atoms with E-state index in [9.17, 15) is 5.26 Å². The van der Waals surface area contributed by atoms with Crippen LogP contribution in [-0.2, 0) is 0 Å². The fourth-order valence-electron chi connectivity index (χ4n) is 1.99. The Bertz CT molecular complexity index is 673. The molecule has 0 aromatic carbocycles. The zero-order valence-electron chi connectivity index (χ0n) is 11.7. The molecule has 0 spiro atoms. The van der Waals surface area contributed by atoms with E-state index in [2.05, 4.69) is 21.1 Å². The molecule has 0 fully saturated rings. The summed E-state index contributed by atoms with van der Waals surface area (Å²) in [4.78, 5) is 8.38. The van der Waals surface area contributed by atoms with Gasteiger partial charge in [-0.1, -0.05) is 0 Å². The normalized spacial score (nSPS) is 11.7. The number of nitriles is 1. The monoisotopic (exact) mass is 268 g/mol. The average molecular weight is 268 g/mol. The number of nitrogens with two attached hydrogens (primary N) is 1. The Labute approximate surface area is 117 Å². The highest BCUT2D eigenvalue weighted by Crippen LogP contribution is 2.18. The van der Waals surface area contributed by atoms with Crippen molar-refractivity contribution < 1.29 is 0 Å². The van der Waals surface area contributed by atoms with Crippen LogP contribution in [0, 0.1) is 11.3 Å². The largest absolute Gasteiger partial charge is 0.384 e. The van der Waals surface area contributed by atoms with Crippen LogP contribution in [0.15, 0.2) is 29.5 Å². The molecule has 0 saturated heterocycles. The minimum Gasteiger partial charge on any atom is -0.384 e. The number of rotatable bonds is 3. The Morgan fingerprint density at radius 3 is 2.65 bits per heavy atom. The van der Waals surface area contributed by atoms with Crippen molar-refractivity contribution in [3.63, 3.8) is 0 Å². The lowest BCUT2D eigenvalue weighted by Gasteiger charge is -2.13. The summed E-state index contributed by atoms with van der Waals surface area (Å²) in [7, 11) is 1.69. The molecule has 0 unspecified atom stereocenters. The van der Waals surface area contributed by atoms with Gasteiger partial charge in [0.2, 0.25) is 0 Å². The fourth-order valence-corrected chi connectivity index (χ4v) is 1.99. The van der Waals surface area contributed by atoms with Gasteiger partial charge in [0.15, 0.2) is 0 Å². The van der Waals surface area contributed by atoms with Crippen LogP contribution >= 0.6 is 0 Å². The highest BCUT2D eigenvalue weighted by Gasteiger charge is 2.19. The molecule has 0 bridgehead atoms. The van der Waals surface area contributed by atoms with E-state index in [1.54, 1.807) is 30.2 Å². The number of anilines is 1. The van der Waals surface area contributed by atoms with Crippen LogP contribution in [-0.4, -0.2) is 27.5 Å². The Hall–Kier alpha value is -2.68. The fraction of sp³-hybridized carbons (Fsp3) is 0.286. The molecular weight excluding hydrogens is 252 g/mol. The molecule has 2 heterocycles. The number of hydrogen-bond donors (Lipinski definition) is 1. The van der Waals surface area contributed by atoms with Crippen molar-refractivity contribution in [2.45, 2.75) is 19.9 Å². The number of nitrogens with zero attached hydrogens (tertiary/aromatic N) is 5. The molecule has 2 N–H and O–H groups in total. The molecule has 20 heavy (non-hydrogen) atoms. The van der Waals surface area contributed by atoms with E-state index in [0.717, 1.165) is 5.56 Å². The third kappa shape index (κ3) is 2.38. The lowest BCUT2D eigenvalue weighted by atomic mass is 10.1. The van der Waals surface area contributed by atoms with E-state index in [4.69, 9.17) is 5.73 Å². The predicted molar refractivity (Wildman–Crippen MR) is 77.5 cm³/mol. The molecular formula is C14H16N6. The molecule has 0 radical (unpaired) electrons. The van der Waals surface area contributed by atoms with Crippen molar-refractivity contribution in [3.8, 4) is 6.07 Å². The molecule has 0 aliphatic heterocycles. The minimum absolute atomic E-state index is 0.130. The Balaban J connectivity index is 2.61. The maximum atomic E-state index is 9.26. The Kier molecular flexibility index (Phi) is 3.80. The zero-order valence-corrected chi connectivity index (χ0v) is 11.7. The highest BCUT2D eigenvalue weighted by atomic mass is 15.3. The SMILES string of the molecule is CN=C(c1ccc(N)nc1)c1c(C#N)cnn1C(C)C. The lowest BCUT2D eigenvalue weighted by molar-refractivity contribution is 0.529. The molecule has 0 saturated carbocycles. The third-order valence-electron chi connectivity index (χ3n) is 2.91. The van der Waals surface area contributed by atoms with Crippen molar-refractivity contribution in [3.05, 3.63) is 41.3 Å². The minimum atomic E-state index is 0.130. The van der Waals surface area contributed by atoms with Crippen molar-refractivity contribution >= 4 is 11.5 Å². The van der Waals surface area contributed by atoms with Crippen LogP contribution < -0.4 is 5.73 Å². The highest BCUT2D eigenvalue weighted by molar-refractivity contribution is 6.13. The van der Waals surface area contributed by atoms with Crippen molar-refractivity contribution in [1.29, 1.82) is 5.26 Å². The molecule has 0 amide bonds. The zero-order chi connectivity index (χ0) is 14.7. The van der Waals surface area contributed by atoms with Gasteiger partial charge in [-0.25, -0.2) is 4.98 Å². The third-order valence-corrected chi connectivity index (χ3v) is 2.91. The van der Waals surface area contributed by atoms with Gasteiger partial charge < -0.3 is 5.73 Å². The van der Waals surface area contributed by atoms with Crippen LogP contribution in [0.1, 0.15) is 36.7 Å². The maximum absolute atomic E-state index is 9.26. The van der Waals surface area contributed by atoms with Gasteiger partial charge in [0.25, 0.3) is 0 Å².